The molecule has 1 aromatic heterocycles. The Hall–Kier alpha value is -1.60. The fourth-order valence-corrected chi connectivity index (χ4v) is 5.64. The van der Waals surface area contributed by atoms with Gasteiger partial charge in [0.2, 0.25) is 11.8 Å². The lowest BCUT2D eigenvalue weighted by molar-refractivity contribution is -0.162. The van der Waals surface area contributed by atoms with Crippen molar-refractivity contribution in [3.05, 3.63) is 17.0 Å². The van der Waals surface area contributed by atoms with Gasteiger partial charge in [0.05, 0.1) is 5.69 Å². The van der Waals surface area contributed by atoms with Crippen LogP contribution in [0.1, 0.15) is 42.6 Å². The van der Waals surface area contributed by atoms with Gasteiger partial charge in [-0.2, -0.15) is 5.10 Å². The van der Waals surface area contributed by atoms with Crippen molar-refractivity contribution in [2.24, 2.45) is 11.8 Å². The van der Waals surface area contributed by atoms with Crippen molar-refractivity contribution in [2.45, 2.75) is 57.7 Å². The quantitative estimate of drug-likeness (QED) is 0.746. The molecule has 0 spiro atoms. The van der Waals surface area contributed by atoms with Crippen molar-refractivity contribution < 1.29 is 9.59 Å². The van der Waals surface area contributed by atoms with Gasteiger partial charge in [0.1, 0.15) is 6.04 Å². The number of nitrogens with zero attached hydrogens (tertiary/aromatic N) is 3. The summed E-state index contributed by atoms with van der Waals surface area (Å²) >= 11 is 0. The molecule has 3 saturated heterocycles. The molecule has 27 heavy (non-hydrogen) atoms. The van der Waals surface area contributed by atoms with Gasteiger partial charge in [-0.3, -0.25) is 14.7 Å². The van der Waals surface area contributed by atoms with Gasteiger partial charge < -0.3 is 15.1 Å². The summed E-state index contributed by atoms with van der Waals surface area (Å²) in [5.41, 5.74) is 3.29. The number of fused-ring (bicyclic) bond motifs is 5. The van der Waals surface area contributed by atoms with Gasteiger partial charge in [0, 0.05) is 55.7 Å². The molecule has 0 unspecified atom stereocenters. The number of rotatable bonds is 1. The standard InChI is InChI=1S/C19H27N5O2.ClH/c1-11-14-10-23(6-5-15(14)22-21-11)19(26)18-13-7-12(8-20-9-13)16-3-2-4-17(25)24(16)18;/h12-13,16,18,20H,2-10H2,1H3,(H,21,22);1H/t12-,13+,16+,18-;/m1./s1. The minimum absolute atomic E-state index is 0. The lowest BCUT2D eigenvalue weighted by Gasteiger charge is -2.54. The molecule has 3 fully saturated rings. The van der Waals surface area contributed by atoms with Crippen LogP contribution < -0.4 is 5.32 Å². The van der Waals surface area contributed by atoms with Crippen molar-refractivity contribution >= 4 is 24.2 Å². The van der Waals surface area contributed by atoms with Crippen LogP contribution in [0.15, 0.2) is 0 Å². The van der Waals surface area contributed by atoms with E-state index in [0.29, 0.717) is 25.4 Å². The number of halogens is 1. The smallest absolute Gasteiger partial charge is 0.246 e. The molecule has 1 aromatic rings. The number of carbonyl (C=O) groups excluding carboxylic acids is 2. The predicted molar refractivity (Wildman–Crippen MR) is 102 cm³/mol. The summed E-state index contributed by atoms with van der Waals surface area (Å²) in [6.07, 6.45) is 4.46. The van der Waals surface area contributed by atoms with Crippen molar-refractivity contribution in [1.29, 1.82) is 0 Å². The van der Waals surface area contributed by atoms with Crippen LogP contribution in [0, 0.1) is 18.8 Å². The summed E-state index contributed by atoms with van der Waals surface area (Å²) < 4.78 is 0. The van der Waals surface area contributed by atoms with E-state index in [9.17, 15) is 9.59 Å². The molecule has 5 rings (SSSR count). The predicted octanol–water partition coefficient (Wildman–Crippen LogP) is 1.01. The first kappa shape index (κ1) is 18.7. The molecule has 4 atom stereocenters. The minimum Gasteiger partial charge on any atom is -0.336 e. The molecule has 2 N–H and O–H groups in total. The second-order valence-corrected chi connectivity index (χ2v) is 8.40. The van der Waals surface area contributed by atoms with E-state index in [4.69, 9.17) is 0 Å². The number of nitrogens with one attached hydrogen (secondary N) is 2. The Morgan fingerprint density at radius 1 is 1.22 bits per heavy atom. The van der Waals surface area contributed by atoms with Crippen molar-refractivity contribution in [3.8, 4) is 0 Å². The third-order valence-corrected chi connectivity index (χ3v) is 6.94. The fraction of sp³-hybridized carbons (Fsp3) is 0.737. The molecule has 0 radical (unpaired) electrons. The van der Waals surface area contributed by atoms with Crippen LogP contribution in [0.3, 0.4) is 0 Å². The third-order valence-electron chi connectivity index (χ3n) is 6.94. The Labute approximate surface area is 165 Å². The zero-order valence-corrected chi connectivity index (χ0v) is 16.6. The Morgan fingerprint density at radius 3 is 2.89 bits per heavy atom. The van der Waals surface area contributed by atoms with Gasteiger partial charge in [-0.1, -0.05) is 0 Å². The summed E-state index contributed by atoms with van der Waals surface area (Å²) in [7, 11) is 0. The van der Waals surface area contributed by atoms with Crippen LogP contribution in [-0.4, -0.2) is 63.5 Å². The molecule has 148 valence electrons. The maximum atomic E-state index is 13.6. The van der Waals surface area contributed by atoms with E-state index in [1.807, 2.05) is 16.7 Å². The number of hydrogen-bond donors (Lipinski definition) is 2. The molecule has 2 amide bonds. The molecule has 0 aromatic carbocycles. The van der Waals surface area contributed by atoms with Crippen molar-refractivity contribution in [2.75, 3.05) is 19.6 Å². The number of amides is 2. The van der Waals surface area contributed by atoms with Crippen LogP contribution in [0.5, 0.6) is 0 Å². The highest BCUT2D eigenvalue weighted by molar-refractivity contribution is 5.89. The molecule has 0 aliphatic carbocycles. The zero-order valence-electron chi connectivity index (χ0n) is 15.7. The molecule has 4 aliphatic heterocycles. The second kappa shape index (κ2) is 7.09. The summed E-state index contributed by atoms with van der Waals surface area (Å²) in [4.78, 5) is 30.3. The topological polar surface area (TPSA) is 81.3 Å². The van der Waals surface area contributed by atoms with Crippen LogP contribution in [-0.2, 0) is 22.6 Å². The maximum absolute atomic E-state index is 13.6. The van der Waals surface area contributed by atoms with E-state index < -0.39 is 0 Å². The number of H-pyrrole nitrogens is 1. The third kappa shape index (κ3) is 2.95. The SMILES string of the molecule is Cc1[nH]nc2c1CN(C(=O)[C@H]1[C@@H]3CNC[C@@H](C3)[C@@H]3CCCC(=O)N31)CC2.Cl. The Morgan fingerprint density at radius 2 is 2.04 bits per heavy atom. The molecule has 8 heteroatoms. The van der Waals surface area contributed by atoms with Gasteiger partial charge in [-0.15, -0.1) is 12.4 Å². The maximum Gasteiger partial charge on any atom is 0.246 e. The number of aryl methyl sites for hydroxylation is 1. The van der Waals surface area contributed by atoms with E-state index in [1.54, 1.807) is 0 Å². The number of aromatic amines is 1. The van der Waals surface area contributed by atoms with Crippen LogP contribution in [0.25, 0.3) is 0 Å². The minimum atomic E-state index is -0.286. The lowest BCUT2D eigenvalue weighted by Crippen LogP contribution is -2.68. The molecule has 4 aliphatic rings. The van der Waals surface area contributed by atoms with Gasteiger partial charge in [-0.25, -0.2) is 0 Å². The van der Waals surface area contributed by atoms with E-state index in [2.05, 4.69) is 15.5 Å². The number of hydrogen-bond acceptors (Lipinski definition) is 4. The van der Waals surface area contributed by atoms with E-state index in [0.717, 1.165) is 55.7 Å². The molecular weight excluding hydrogens is 366 g/mol. The average molecular weight is 394 g/mol. The normalized spacial score (nSPS) is 32.4. The van der Waals surface area contributed by atoms with Gasteiger partial charge in [0.15, 0.2) is 0 Å². The second-order valence-electron chi connectivity index (χ2n) is 8.40. The monoisotopic (exact) mass is 393 g/mol. The van der Waals surface area contributed by atoms with Crippen LogP contribution >= 0.6 is 12.4 Å². The summed E-state index contributed by atoms with van der Waals surface area (Å²) in [6, 6.07) is -0.0455. The summed E-state index contributed by atoms with van der Waals surface area (Å²) in [5.74, 6) is 1.08. The lowest BCUT2D eigenvalue weighted by atomic mass is 9.72. The van der Waals surface area contributed by atoms with Crippen molar-refractivity contribution in [3.63, 3.8) is 0 Å². The van der Waals surface area contributed by atoms with E-state index >= 15 is 0 Å². The van der Waals surface area contributed by atoms with Crippen LogP contribution in [0.2, 0.25) is 0 Å². The van der Waals surface area contributed by atoms with Gasteiger partial charge in [-0.05, 0) is 38.6 Å². The number of carbonyl (C=O) groups is 2. The first-order valence-corrected chi connectivity index (χ1v) is 9.97. The summed E-state index contributed by atoms with van der Waals surface area (Å²) in [5, 5.41) is 10.9. The van der Waals surface area contributed by atoms with Gasteiger partial charge in [0.25, 0.3) is 0 Å². The Bertz CT molecular complexity index is 750. The van der Waals surface area contributed by atoms with E-state index in [-0.39, 0.29) is 42.2 Å². The highest BCUT2D eigenvalue weighted by Gasteiger charge is 2.51. The first-order chi connectivity index (χ1) is 12.6. The molecule has 7 nitrogen and oxygen atoms in total. The molecule has 2 bridgehead atoms. The molecular formula is C19H28ClN5O2. The number of aromatic nitrogens is 2. The first-order valence-electron chi connectivity index (χ1n) is 9.97. The van der Waals surface area contributed by atoms with Crippen molar-refractivity contribution in [1.82, 2.24) is 25.3 Å². The highest BCUT2D eigenvalue weighted by Crippen LogP contribution is 2.40. The largest absolute Gasteiger partial charge is 0.336 e. The Kier molecular flexibility index (Phi) is 4.93. The Balaban J connectivity index is 0.00000180. The number of piperidine rings is 3. The van der Waals surface area contributed by atoms with Crippen LogP contribution in [0.4, 0.5) is 0 Å². The molecule has 0 saturated carbocycles. The van der Waals surface area contributed by atoms with Gasteiger partial charge >= 0.3 is 0 Å². The zero-order chi connectivity index (χ0) is 17.8. The molecule has 5 heterocycles. The highest BCUT2D eigenvalue weighted by atomic mass is 35.5. The van der Waals surface area contributed by atoms with E-state index in [1.165, 1.54) is 0 Å². The fourth-order valence-electron chi connectivity index (χ4n) is 5.64. The average Bonchev–Trinajstić information content (AvgIpc) is 3.03. The summed E-state index contributed by atoms with van der Waals surface area (Å²) in [6.45, 7) is 5.15.